The van der Waals surface area contributed by atoms with Crippen LogP contribution in [0.15, 0.2) is 48.7 Å². The Bertz CT molecular complexity index is 687. The second-order valence-corrected chi connectivity index (χ2v) is 5.98. The van der Waals surface area contributed by atoms with Crippen molar-refractivity contribution in [3.05, 3.63) is 54.2 Å². The summed E-state index contributed by atoms with van der Waals surface area (Å²) in [6, 6.07) is 9.71. The SMILES string of the molecule is CCN(Cc1cc(N)ccc1OC1C=CCCC1)c1cccnn1. The van der Waals surface area contributed by atoms with Crippen LogP contribution in [0.2, 0.25) is 0 Å². The van der Waals surface area contributed by atoms with Crippen molar-refractivity contribution in [3.63, 3.8) is 0 Å². The highest BCUT2D eigenvalue weighted by Crippen LogP contribution is 2.27. The lowest BCUT2D eigenvalue weighted by Crippen LogP contribution is -2.24. The zero-order valence-corrected chi connectivity index (χ0v) is 14.1. The predicted octanol–water partition coefficient (Wildman–Crippen LogP) is 3.57. The van der Waals surface area contributed by atoms with Gasteiger partial charge in [-0.3, -0.25) is 0 Å². The molecule has 0 fully saturated rings. The third-order valence-corrected chi connectivity index (χ3v) is 4.20. The van der Waals surface area contributed by atoms with Crippen LogP contribution >= 0.6 is 0 Å². The van der Waals surface area contributed by atoms with Crippen molar-refractivity contribution in [1.82, 2.24) is 10.2 Å². The molecule has 1 atom stereocenters. The summed E-state index contributed by atoms with van der Waals surface area (Å²) in [5.41, 5.74) is 7.81. The molecule has 5 heteroatoms. The Kier molecular flexibility index (Phi) is 5.31. The largest absolute Gasteiger partial charge is 0.486 e. The minimum atomic E-state index is 0.146. The Morgan fingerprint density at radius 1 is 1.33 bits per heavy atom. The maximum Gasteiger partial charge on any atom is 0.151 e. The molecule has 1 heterocycles. The molecule has 5 nitrogen and oxygen atoms in total. The van der Waals surface area contributed by atoms with Crippen molar-refractivity contribution in [1.29, 1.82) is 0 Å². The molecule has 1 aliphatic carbocycles. The standard InChI is InChI=1S/C19H24N4O/c1-2-23(19-9-6-12-21-22-19)14-15-13-16(20)10-11-18(15)24-17-7-4-3-5-8-17/h4,6-7,9-13,17H,2-3,5,8,14,20H2,1H3. The van der Waals surface area contributed by atoms with E-state index >= 15 is 0 Å². The van der Waals surface area contributed by atoms with Gasteiger partial charge in [-0.25, -0.2) is 0 Å². The molecule has 0 amide bonds. The van der Waals surface area contributed by atoms with Gasteiger partial charge in [0.05, 0.1) is 0 Å². The lowest BCUT2D eigenvalue weighted by atomic mass is 10.0. The molecule has 0 spiro atoms. The van der Waals surface area contributed by atoms with Crippen LogP contribution in [0.1, 0.15) is 31.7 Å². The van der Waals surface area contributed by atoms with Crippen molar-refractivity contribution in [2.75, 3.05) is 17.2 Å². The van der Waals surface area contributed by atoms with Crippen LogP contribution in [-0.2, 0) is 6.54 Å². The van der Waals surface area contributed by atoms with Crippen LogP contribution in [0.4, 0.5) is 11.5 Å². The Morgan fingerprint density at radius 3 is 2.96 bits per heavy atom. The number of anilines is 2. The van der Waals surface area contributed by atoms with Crippen LogP contribution in [0.3, 0.4) is 0 Å². The molecule has 1 aromatic carbocycles. The Labute approximate surface area is 143 Å². The number of nitrogens with two attached hydrogens (primary N) is 1. The van der Waals surface area contributed by atoms with E-state index in [-0.39, 0.29) is 6.10 Å². The van der Waals surface area contributed by atoms with E-state index in [9.17, 15) is 0 Å². The van der Waals surface area contributed by atoms with E-state index in [2.05, 4.69) is 34.2 Å². The van der Waals surface area contributed by atoms with Gasteiger partial charge in [0.2, 0.25) is 0 Å². The maximum absolute atomic E-state index is 6.22. The molecule has 2 aromatic rings. The lowest BCUT2D eigenvalue weighted by molar-refractivity contribution is 0.227. The van der Waals surface area contributed by atoms with Gasteiger partial charge in [0, 0.05) is 30.5 Å². The molecule has 1 aromatic heterocycles. The Morgan fingerprint density at radius 2 is 2.25 bits per heavy atom. The molecule has 0 saturated carbocycles. The van der Waals surface area contributed by atoms with Crippen LogP contribution in [-0.4, -0.2) is 22.8 Å². The third-order valence-electron chi connectivity index (χ3n) is 4.20. The maximum atomic E-state index is 6.22. The summed E-state index contributed by atoms with van der Waals surface area (Å²) >= 11 is 0. The average Bonchev–Trinajstić information content (AvgIpc) is 2.63. The summed E-state index contributed by atoms with van der Waals surface area (Å²) in [7, 11) is 0. The first-order valence-corrected chi connectivity index (χ1v) is 8.50. The van der Waals surface area contributed by atoms with Gasteiger partial charge >= 0.3 is 0 Å². The first-order valence-electron chi connectivity index (χ1n) is 8.50. The third kappa shape index (κ3) is 4.04. The summed E-state index contributed by atoms with van der Waals surface area (Å²) in [5, 5.41) is 8.18. The number of hydrogen-bond donors (Lipinski definition) is 1. The summed E-state index contributed by atoms with van der Waals surface area (Å²) in [5.74, 6) is 1.74. The van der Waals surface area contributed by atoms with Gasteiger partial charge in [-0.2, -0.15) is 5.10 Å². The second-order valence-electron chi connectivity index (χ2n) is 5.98. The summed E-state index contributed by atoms with van der Waals surface area (Å²) in [6.07, 6.45) is 9.56. The van der Waals surface area contributed by atoms with Gasteiger partial charge in [0.1, 0.15) is 11.9 Å². The summed E-state index contributed by atoms with van der Waals surface area (Å²) < 4.78 is 6.22. The smallest absolute Gasteiger partial charge is 0.151 e. The number of nitrogen functional groups attached to an aromatic ring is 1. The normalized spacial score (nSPS) is 16.8. The van der Waals surface area contributed by atoms with E-state index in [1.165, 1.54) is 6.42 Å². The first-order chi connectivity index (χ1) is 11.8. The van der Waals surface area contributed by atoms with Crippen LogP contribution in [0.5, 0.6) is 5.75 Å². The Hall–Kier alpha value is -2.56. The van der Waals surface area contributed by atoms with Gasteiger partial charge < -0.3 is 15.4 Å². The van der Waals surface area contributed by atoms with Gasteiger partial charge in [0.25, 0.3) is 0 Å². The van der Waals surface area contributed by atoms with E-state index in [0.717, 1.165) is 42.2 Å². The molecule has 0 bridgehead atoms. The second kappa shape index (κ2) is 7.81. The highest BCUT2D eigenvalue weighted by molar-refractivity contribution is 5.50. The molecule has 1 aliphatic rings. The monoisotopic (exact) mass is 324 g/mol. The minimum Gasteiger partial charge on any atom is -0.486 e. The zero-order chi connectivity index (χ0) is 16.8. The lowest BCUT2D eigenvalue weighted by Gasteiger charge is -2.25. The predicted molar refractivity (Wildman–Crippen MR) is 97.0 cm³/mol. The van der Waals surface area contributed by atoms with Crippen molar-refractivity contribution >= 4 is 11.5 Å². The molecule has 0 saturated heterocycles. The van der Waals surface area contributed by atoms with Gasteiger partial charge in [-0.1, -0.05) is 6.08 Å². The zero-order valence-electron chi connectivity index (χ0n) is 14.1. The topological polar surface area (TPSA) is 64.3 Å². The minimum absolute atomic E-state index is 0.146. The average molecular weight is 324 g/mol. The van der Waals surface area contributed by atoms with Crippen LogP contribution < -0.4 is 15.4 Å². The Balaban J connectivity index is 1.81. The number of allylic oxidation sites excluding steroid dienone is 1. The number of rotatable bonds is 6. The van der Waals surface area contributed by atoms with E-state index in [1.54, 1.807) is 6.20 Å². The molecule has 3 rings (SSSR count). The molecule has 126 valence electrons. The molecule has 0 radical (unpaired) electrons. The van der Waals surface area contributed by atoms with Gasteiger partial charge in [0.15, 0.2) is 5.82 Å². The molecule has 0 aliphatic heterocycles. The first kappa shape index (κ1) is 16.3. The van der Waals surface area contributed by atoms with E-state index in [1.807, 2.05) is 30.3 Å². The van der Waals surface area contributed by atoms with Crippen molar-refractivity contribution in [3.8, 4) is 5.75 Å². The van der Waals surface area contributed by atoms with Crippen molar-refractivity contribution < 1.29 is 4.74 Å². The van der Waals surface area contributed by atoms with Crippen LogP contribution in [0.25, 0.3) is 0 Å². The van der Waals surface area contributed by atoms with Crippen molar-refractivity contribution in [2.24, 2.45) is 0 Å². The molecule has 2 N–H and O–H groups in total. The number of ether oxygens (including phenoxy) is 1. The van der Waals surface area contributed by atoms with E-state index < -0.39 is 0 Å². The van der Waals surface area contributed by atoms with Gasteiger partial charge in [-0.15, -0.1) is 5.10 Å². The summed E-state index contributed by atoms with van der Waals surface area (Å²) in [4.78, 5) is 2.16. The molecular formula is C19H24N4O. The van der Waals surface area contributed by atoms with Crippen molar-refractivity contribution in [2.45, 2.75) is 38.8 Å². The number of nitrogens with zero attached hydrogens (tertiary/aromatic N) is 3. The van der Waals surface area contributed by atoms with Gasteiger partial charge in [-0.05, 0) is 62.6 Å². The van der Waals surface area contributed by atoms with E-state index in [0.29, 0.717) is 6.54 Å². The molecule has 1 unspecified atom stereocenters. The number of benzene rings is 1. The van der Waals surface area contributed by atoms with E-state index in [4.69, 9.17) is 10.5 Å². The number of aromatic nitrogens is 2. The number of hydrogen-bond acceptors (Lipinski definition) is 5. The fourth-order valence-electron chi connectivity index (χ4n) is 2.90. The summed E-state index contributed by atoms with van der Waals surface area (Å²) in [6.45, 7) is 3.62. The molecule has 24 heavy (non-hydrogen) atoms. The quantitative estimate of drug-likeness (QED) is 0.650. The highest BCUT2D eigenvalue weighted by atomic mass is 16.5. The fourth-order valence-corrected chi connectivity index (χ4v) is 2.90. The van der Waals surface area contributed by atoms with Crippen LogP contribution in [0, 0.1) is 0 Å². The fraction of sp³-hybridized carbons (Fsp3) is 0.368. The highest BCUT2D eigenvalue weighted by Gasteiger charge is 2.15. The molecular weight excluding hydrogens is 300 g/mol.